The molecule has 1 rings (SSSR count). The van der Waals surface area contributed by atoms with Crippen LogP contribution in [0.5, 0.6) is 0 Å². The van der Waals surface area contributed by atoms with Gasteiger partial charge in [-0.15, -0.1) is 0 Å². The first-order chi connectivity index (χ1) is 8.50. The summed E-state index contributed by atoms with van der Waals surface area (Å²) < 4.78 is 0.897. The molecule has 0 radical (unpaired) electrons. The lowest BCUT2D eigenvalue weighted by Crippen LogP contribution is -2.32. The van der Waals surface area contributed by atoms with E-state index in [-0.39, 0.29) is 5.91 Å². The number of anilines is 1. The number of nitrogens with one attached hydrogen (secondary N) is 2. The molecule has 0 aliphatic rings. The van der Waals surface area contributed by atoms with E-state index in [0.29, 0.717) is 18.4 Å². The van der Waals surface area contributed by atoms with Crippen molar-refractivity contribution in [3.05, 3.63) is 28.7 Å². The van der Waals surface area contributed by atoms with E-state index in [4.69, 9.17) is 0 Å². The van der Waals surface area contributed by atoms with Gasteiger partial charge >= 0.3 is 0 Å². The van der Waals surface area contributed by atoms with Crippen LogP contribution in [-0.4, -0.2) is 19.0 Å². The summed E-state index contributed by atoms with van der Waals surface area (Å²) in [7, 11) is 0. The summed E-state index contributed by atoms with van der Waals surface area (Å²) in [6.07, 6.45) is 0. The highest BCUT2D eigenvalue weighted by Gasteiger charge is 2.08. The molecule has 1 aromatic rings. The zero-order valence-corrected chi connectivity index (χ0v) is 12.8. The third kappa shape index (κ3) is 5.19. The number of halogens is 1. The third-order valence-electron chi connectivity index (χ3n) is 3.04. The molecule has 0 saturated heterocycles. The molecular weight excluding hydrogens is 292 g/mol. The number of carbonyl (C=O) groups is 1. The van der Waals surface area contributed by atoms with Crippen molar-refractivity contribution in [2.24, 2.45) is 11.8 Å². The Morgan fingerprint density at radius 2 is 1.94 bits per heavy atom. The molecule has 3 nitrogen and oxygen atoms in total. The minimum Gasteiger partial charge on any atom is -0.324 e. The number of hydrogen-bond donors (Lipinski definition) is 2. The van der Waals surface area contributed by atoms with Gasteiger partial charge in [0.05, 0.1) is 12.2 Å². The van der Waals surface area contributed by atoms with Crippen LogP contribution in [0, 0.1) is 11.8 Å². The van der Waals surface area contributed by atoms with Gasteiger partial charge < -0.3 is 10.6 Å². The standard InChI is InChI=1S/C14H21BrN2O/c1-10(2)11(3)8-16-9-14(18)17-13-7-5-4-6-12(13)15/h4-7,10-11,16H,8-9H2,1-3H3,(H,17,18). The highest BCUT2D eigenvalue weighted by molar-refractivity contribution is 9.10. The van der Waals surface area contributed by atoms with Crippen LogP contribution < -0.4 is 10.6 Å². The van der Waals surface area contributed by atoms with Crippen molar-refractivity contribution in [1.82, 2.24) is 5.32 Å². The molecule has 0 fully saturated rings. The van der Waals surface area contributed by atoms with E-state index in [2.05, 4.69) is 47.3 Å². The van der Waals surface area contributed by atoms with Gasteiger partial charge in [0.1, 0.15) is 0 Å². The third-order valence-corrected chi connectivity index (χ3v) is 3.73. The van der Waals surface area contributed by atoms with E-state index in [1.54, 1.807) is 0 Å². The number of rotatable bonds is 6. The molecule has 18 heavy (non-hydrogen) atoms. The Labute approximate surface area is 117 Å². The van der Waals surface area contributed by atoms with E-state index in [0.717, 1.165) is 16.7 Å². The van der Waals surface area contributed by atoms with Crippen LogP contribution in [0.3, 0.4) is 0 Å². The Hall–Kier alpha value is -0.870. The first kappa shape index (κ1) is 15.2. The Balaban J connectivity index is 2.33. The van der Waals surface area contributed by atoms with E-state index >= 15 is 0 Å². The highest BCUT2D eigenvalue weighted by atomic mass is 79.9. The van der Waals surface area contributed by atoms with Crippen LogP contribution in [0.15, 0.2) is 28.7 Å². The Kier molecular flexibility index (Phi) is 6.36. The lowest BCUT2D eigenvalue weighted by molar-refractivity contribution is -0.115. The zero-order valence-electron chi connectivity index (χ0n) is 11.2. The van der Waals surface area contributed by atoms with Crippen molar-refractivity contribution < 1.29 is 4.79 Å². The molecule has 0 bridgehead atoms. The summed E-state index contributed by atoms with van der Waals surface area (Å²) in [6.45, 7) is 7.77. The molecule has 4 heteroatoms. The second kappa shape index (κ2) is 7.54. The minimum atomic E-state index is -0.0159. The summed E-state index contributed by atoms with van der Waals surface area (Å²) in [5.41, 5.74) is 0.807. The second-order valence-electron chi connectivity index (χ2n) is 4.88. The fourth-order valence-corrected chi connectivity index (χ4v) is 1.79. The fraction of sp³-hybridized carbons (Fsp3) is 0.500. The normalized spacial score (nSPS) is 12.5. The Bertz CT molecular complexity index is 393. The zero-order chi connectivity index (χ0) is 13.5. The fourth-order valence-electron chi connectivity index (χ4n) is 1.41. The lowest BCUT2D eigenvalue weighted by Gasteiger charge is -2.16. The average molecular weight is 313 g/mol. The van der Waals surface area contributed by atoms with Crippen LogP contribution in [0.1, 0.15) is 20.8 Å². The molecule has 0 heterocycles. The number of benzene rings is 1. The summed E-state index contributed by atoms with van der Waals surface area (Å²) in [5, 5.41) is 6.04. The van der Waals surface area contributed by atoms with Gasteiger partial charge in [-0.25, -0.2) is 0 Å². The van der Waals surface area contributed by atoms with Crippen molar-refractivity contribution >= 4 is 27.5 Å². The summed E-state index contributed by atoms with van der Waals surface area (Å²) in [5.74, 6) is 1.18. The van der Waals surface area contributed by atoms with Gasteiger partial charge in [-0.1, -0.05) is 32.9 Å². The summed E-state index contributed by atoms with van der Waals surface area (Å²) in [6, 6.07) is 7.60. The molecule has 1 unspecified atom stereocenters. The van der Waals surface area contributed by atoms with Gasteiger partial charge in [0.25, 0.3) is 0 Å². The Morgan fingerprint density at radius 3 is 2.56 bits per heavy atom. The Morgan fingerprint density at radius 1 is 1.28 bits per heavy atom. The molecule has 100 valence electrons. The van der Waals surface area contributed by atoms with E-state index in [1.165, 1.54) is 0 Å². The van der Waals surface area contributed by atoms with Crippen molar-refractivity contribution in [2.45, 2.75) is 20.8 Å². The van der Waals surface area contributed by atoms with E-state index < -0.39 is 0 Å². The molecule has 1 amide bonds. The SMILES string of the molecule is CC(C)C(C)CNCC(=O)Nc1ccccc1Br. The van der Waals surface area contributed by atoms with Crippen LogP contribution >= 0.6 is 15.9 Å². The topological polar surface area (TPSA) is 41.1 Å². The van der Waals surface area contributed by atoms with Crippen LogP contribution in [-0.2, 0) is 4.79 Å². The van der Waals surface area contributed by atoms with Gasteiger partial charge in [-0.05, 0) is 46.4 Å². The molecule has 0 aliphatic heterocycles. The van der Waals surface area contributed by atoms with Gasteiger partial charge in [0.15, 0.2) is 0 Å². The number of amides is 1. The minimum absolute atomic E-state index is 0.0159. The average Bonchev–Trinajstić information content (AvgIpc) is 2.32. The van der Waals surface area contributed by atoms with E-state index in [9.17, 15) is 4.79 Å². The maximum Gasteiger partial charge on any atom is 0.238 e. The maximum atomic E-state index is 11.7. The largest absolute Gasteiger partial charge is 0.324 e. The number of hydrogen-bond acceptors (Lipinski definition) is 2. The first-order valence-electron chi connectivity index (χ1n) is 6.25. The molecular formula is C14H21BrN2O. The predicted octanol–water partition coefficient (Wildman–Crippen LogP) is 3.27. The van der Waals surface area contributed by atoms with Gasteiger partial charge in [-0.2, -0.15) is 0 Å². The molecule has 0 spiro atoms. The summed E-state index contributed by atoms with van der Waals surface area (Å²) >= 11 is 3.40. The molecule has 0 saturated carbocycles. The molecule has 1 aromatic carbocycles. The van der Waals surface area contributed by atoms with Gasteiger partial charge in [0, 0.05) is 4.47 Å². The van der Waals surface area contributed by atoms with Gasteiger partial charge in [0.2, 0.25) is 5.91 Å². The summed E-state index contributed by atoms with van der Waals surface area (Å²) in [4.78, 5) is 11.7. The van der Waals surface area contributed by atoms with Crippen molar-refractivity contribution in [3.8, 4) is 0 Å². The number of para-hydroxylation sites is 1. The van der Waals surface area contributed by atoms with Gasteiger partial charge in [-0.3, -0.25) is 4.79 Å². The van der Waals surface area contributed by atoms with E-state index in [1.807, 2.05) is 24.3 Å². The molecule has 2 N–H and O–H groups in total. The van der Waals surface area contributed by atoms with Crippen LogP contribution in [0.25, 0.3) is 0 Å². The highest BCUT2D eigenvalue weighted by Crippen LogP contribution is 2.20. The maximum absolute atomic E-state index is 11.7. The molecule has 1 atom stereocenters. The van der Waals surface area contributed by atoms with Crippen molar-refractivity contribution in [3.63, 3.8) is 0 Å². The molecule has 0 aromatic heterocycles. The van der Waals surface area contributed by atoms with Crippen LogP contribution in [0.2, 0.25) is 0 Å². The number of carbonyl (C=O) groups excluding carboxylic acids is 1. The predicted molar refractivity (Wildman–Crippen MR) is 79.6 cm³/mol. The first-order valence-corrected chi connectivity index (χ1v) is 7.05. The lowest BCUT2D eigenvalue weighted by atomic mass is 9.98. The smallest absolute Gasteiger partial charge is 0.238 e. The second-order valence-corrected chi connectivity index (χ2v) is 5.73. The van der Waals surface area contributed by atoms with Crippen molar-refractivity contribution in [1.29, 1.82) is 0 Å². The quantitative estimate of drug-likeness (QED) is 0.846. The monoisotopic (exact) mass is 312 g/mol. The van der Waals surface area contributed by atoms with Crippen LogP contribution in [0.4, 0.5) is 5.69 Å². The molecule has 0 aliphatic carbocycles. The van der Waals surface area contributed by atoms with Crippen molar-refractivity contribution in [2.75, 3.05) is 18.4 Å².